The zero-order chi connectivity index (χ0) is 15.7. The molecule has 0 saturated heterocycles. The van der Waals surface area contributed by atoms with E-state index in [2.05, 4.69) is 0 Å². The Labute approximate surface area is 131 Å². The third-order valence-corrected chi connectivity index (χ3v) is 4.50. The molecule has 0 radical (unpaired) electrons. The van der Waals surface area contributed by atoms with E-state index in [9.17, 15) is 4.79 Å². The number of anilines is 1. The molecule has 3 aromatic rings. The maximum Gasteiger partial charge on any atom is 0.197 e. The summed E-state index contributed by atoms with van der Waals surface area (Å²) in [4.78, 5) is 12.8. The first kappa shape index (κ1) is 14.4. The highest BCUT2D eigenvalue weighted by molar-refractivity contribution is 7.22. The normalized spacial score (nSPS) is 10.6. The molecule has 0 atom stereocenters. The molecule has 22 heavy (non-hydrogen) atoms. The first-order valence-corrected chi connectivity index (χ1v) is 7.51. The van der Waals surface area contributed by atoms with Gasteiger partial charge < -0.3 is 15.2 Å². The second-order valence-corrected chi connectivity index (χ2v) is 5.82. The van der Waals surface area contributed by atoms with Crippen molar-refractivity contribution >= 4 is 26.4 Å². The summed E-state index contributed by atoms with van der Waals surface area (Å²) in [5.74, 6) is 1.18. The topological polar surface area (TPSA) is 61.5 Å². The molecule has 112 valence electrons. The van der Waals surface area contributed by atoms with E-state index in [1.165, 1.54) is 11.3 Å². The summed E-state index contributed by atoms with van der Waals surface area (Å²) in [6, 6.07) is 12.8. The standard InChI is InChI=1S/C17H15NO3S/c1-20-12-8-7-10(9-13(12)21-2)15-16(19)11-5-3-4-6-14(11)22-17(15)18/h3-9H,18H2,1-2H3. The van der Waals surface area contributed by atoms with Gasteiger partial charge in [0.2, 0.25) is 0 Å². The van der Waals surface area contributed by atoms with Crippen molar-refractivity contribution in [1.29, 1.82) is 0 Å². The second kappa shape index (κ2) is 5.69. The maximum atomic E-state index is 12.8. The van der Waals surface area contributed by atoms with Crippen molar-refractivity contribution in [2.75, 3.05) is 20.0 Å². The van der Waals surface area contributed by atoms with Gasteiger partial charge in [0.25, 0.3) is 0 Å². The molecule has 2 N–H and O–H groups in total. The van der Waals surface area contributed by atoms with Crippen molar-refractivity contribution in [2.24, 2.45) is 0 Å². The third-order valence-electron chi connectivity index (χ3n) is 3.50. The molecule has 3 rings (SSSR count). The van der Waals surface area contributed by atoms with Crippen LogP contribution in [0.15, 0.2) is 47.3 Å². The molecular weight excluding hydrogens is 298 g/mol. The van der Waals surface area contributed by atoms with Gasteiger partial charge in [-0.1, -0.05) is 18.2 Å². The first-order valence-electron chi connectivity index (χ1n) is 6.69. The van der Waals surface area contributed by atoms with Gasteiger partial charge in [-0.2, -0.15) is 0 Å². The number of benzene rings is 2. The zero-order valence-electron chi connectivity index (χ0n) is 12.3. The van der Waals surface area contributed by atoms with Gasteiger partial charge in [0.15, 0.2) is 16.9 Å². The molecule has 1 heterocycles. The summed E-state index contributed by atoms with van der Waals surface area (Å²) in [5.41, 5.74) is 7.29. The fourth-order valence-electron chi connectivity index (χ4n) is 2.42. The highest BCUT2D eigenvalue weighted by Gasteiger charge is 2.14. The van der Waals surface area contributed by atoms with E-state index in [0.29, 0.717) is 27.4 Å². The number of nitrogens with two attached hydrogens (primary N) is 1. The summed E-state index contributed by atoms with van der Waals surface area (Å²) in [6.07, 6.45) is 0. The van der Waals surface area contributed by atoms with Crippen LogP contribution in [0.25, 0.3) is 21.2 Å². The van der Waals surface area contributed by atoms with Crippen LogP contribution < -0.4 is 20.6 Å². The second-order valence-electron chi connectivity index (χ2n) is 4.74. The Morgan fingerprint density at radius 3 is 2.45 bits per heavy atom. The summed E-state index contributed by atoms with van der Waals surface area (Å²) < 4.78 is 11.4. The average molecular weight is 313 g/mol. The zero-order valence-corrected chi connectivity index (χ0v) is 13.1. The number of hydrogen-bond acceptors (Lipinski definition) is 5. The van der Waals surface area contributed by atoms with Crippen LogP contribution in [0.5, 0.6) is 11.5 Å². The number of hydrogen-bond donors (Lipinski definition) is 1. The lowest BCUT2D eigenvalue weighted by Crippen LogP contribution is -2.07. The molecule has 0 amide bonds. The number of nitrogen functional groups attached to an aromatic ring is 1. The van der Waals surface area contributed by atoms with Gasteiger partial charge in [-0.05, 0) is 29.8 Å². The SMILES string of the molecule is COc1ccc(-c2c(N)sc3ccccc3c2=O)cc1OC. The Morgan fingerprint density at radius 1 is 1.00 bits per heavy atom. The predicted molar refractivity (Wildman–Crippen MR) is 91.0 cm³/mol. The van der Waals surface area contributed by atoms with E-state index in [-0.39, 0.29) is 5.43 Å². The van der Waals surface area contributed by atoms with E-state index in [0.717, 1.165) is 10.3 Å². The lowest BCUT2D eigenvalue weighted by molar-refractivity contribution is 0.355. The summed E-state index contributed by atoms with van der Waals surface area (Å²) >= 11 is 1.41. The van der Waals surface area contributed by atoms with Gasteiger partial charge in [-0.3, -0.25) is 4.79 Å². The van der Waals surface area contributed by atoms with E-state index >= 15 is 0 Å². The molecule has 0 fully saturated rings. The van der Waals surface area contributed by atoms with Crippen LogP contribution in [0.2, 0.25) is 0 Å². The molecule has 0 aliphatic heterocycles. The summed E-state index contributed by atoms with van der Waals surface area (Å²) in [5, 5.41) is 1.17. The highest BCUT2D eigenvalue weighted by atomic mass is 32.1. The van der Waals surface area contributed by atoms with Gasteiger partial charge in [-0.15, -0.1) is 11.3 Å². The smallest absolute Gasteiger partial charge is 0.197 e. The Morgan fingerprint density at radius 2 is 1.73 bits per heavy atom. The van der Waals surface area contributed by atoms with Gasteiger partial charge in [-0.25, -0.2) is 0 Å². The molecule has 0 saturated carbocycles. The molecule has 5 heteroatoms. The minimum absolute atomic E-state index is 0.0703. The maximum absolute atomic E-state index is 12.8. The lowest BCUT2D eigenvalue weighted by atomic mass is 10.0. The van der Waals surface area contributed by atoms with Gasteiger partial charge in [0.05, 0.1) is 24.8 Å². The van der Waals surface area contributed by atoms with E-state index in [1.54, 1.807) is 26.4 Å². The Hall–Kier alpha value is -2.53. The summed E-state index contributed by atoms with van der Waals surface area (Å²) in [7, 11) is 3.13. The fraction of sp³-hybridized carbons (Fsp3) is 0.118. The third kappa shape index (κ3) is 2.29. The molecule has 0 unspecified atom stereocenters. The molecule has 0 aliphatic carbocycles. The predicted octanol–water partition coefficient (Wildman–Crippen LogP) is 3.53. The van der Waals surface area contributed by atoms with E-state index in [1.807, 2.05) is 30.3 Å². The molecular formula is C17H15NO3S. The molecule has 0 spiro atoms. The molecule has 1 aromatic heterocycles. The number of rotatable bonds is 3. The van der Waals surface area contributed by atoms with Crippen molar-refractivity contribution in [2.45, 2.75) is 0 Å². The van der Waals surface area contributed by atoms with Gasteiger partial charge in [0.1, 0.15) is 0 Å². The fourth-order valence-corrected chi connectivity index (χ4v) is 3.39. The largest absolute Gasteiger partial charge is 0.493 e. The minimum Gasteiger partial charge on any atom is -0.493 e. The molecule has 2 aromatic carbocycles. The van der Waals surface area contributed by atoms with Gasteiger partial charge >= 0.3 is 0 Å². The Bertz CT molecular complexity index is 902. The molecule has 0 bridgehead atoms. The highest BCUT2D eigenvalue weighted by Crippen LogP contribution is 2.35. The molecule has 4 nitrogen and oxygen atoms in total. The van der Waals surface area contributed by atoms with Crippen LogP contribution in [-0.2, 0) is 0 Å². The number of ether oxygens (including phenoxy) is 2. The van der Waals surface area contributed by atoms with Crippen molar-refractivity contribution in [1.82, 2.24) is 0 Å². The van der Waals surface area contributed by atoms with Crippen molar-refractivity contribution in [3.63, 3.8) is 0 Å². The summed E-state index contributed by atoms with van der Waals surface area (Å²) in [6.45, 7) is 0. The van der Waals surface area contributed by atoms with E-state index in [4.69, 9.17) is 15.2 Å². The van der Waals surface area contributed by atoms with Gasteiger partial charge in [0, 0.05) is 10.1 Å². The van der Waals surface area contributed by atoms with Crippen molar-refractivity contribution in [3.8, 4) is 22.6 Å². The average Bonchev–Trinajstić information content (AvgIpc) is 2.54. The van der Waals surface area contributed by atoms with E-state index < -0.39 is 0 Å². The van der Waals surface area contributed by atoms with Crippen LogP contribution in [0.4, 0.5) is 5.00 Å². The Kier molecular flexibility index (Phi) is 3.73. The molecule has 0 aliphatic rings. The van der Waals surface area contributed by atoms with Crippen molar-refractivity contribution < 1.29 is 9.47 Å². The van der Waals surface area contributed by atoms with Crippen LogP contribution in [0.3, 0.4) is 0 Å². The van der Waals surface area contributed by atoms with Crippen LogP contribution in [0.1, 0.15) is 0 Å². The quantitative estimate of drug-likeness (QED) is 0.803. The lowest BCUT2D eigenvalue weighted by Gasteiger charge is -2.11. The minimum atomic E-state index is -0.0703. The van der Waals surface area contributed by atoms with Crippen LogP contribution in [-0.4, -0.2) is 14.2 Å². The van der Waals surface area contributed by atoms with Crippen LogP contribution in [0, 0.1) is 0 Å². The van der Waals surface area contributed by atoms with Crippen LogP contribution >= 0.6 is 11.3 Å². The number of methoxy groups -OCH3 is 2. The first-order chi connectivity index (χ1) is 10.7. The monoisotopic (exact) mass is 313 g/mol. The number of fused-ring (bicyclic) bond motifs is 1. The van der Waals surface area contributed by atoms with Crippen molar-refractivity contribution in [3.05, 3.63) is 52.7 Å². The Balaban J connectivity index is 2.28.